The lowest BCUT2D eigenvalue weighted by Crippen LogP contribution is -2.50. The first kappa shape index (κ1) is 21.7. The number of nitrogens with one attached hydrogen (secondary N) is 2. The molecule has 1 atom stereocenters. The minimum absolute atomic E-state index is 0.0277. The van der Waals surface area contributed by atoms with E-state index in [9.17, 15) is 5.11 Å². The zero-order chi connectivity index (χ0) is 22.3. The third-order valence-electron chi connectivity index (χ3n) is 5.68. The number of rotatable bonds is 6. The molecule has 0 aliphatic carbocycles. The van der Waals surface area contributed by atoms with Crippen LogP contribution in [-0.2, 0) is 0 Å². The van der Waals surface area contributed by atoms with Crippen molar-refractivity contribution < 1.29 is 5.11 Å². The van der Waals surface area contributed by atoms with Crippen LogP contribution in [0.3, 0.4) is 0 Å². The average molecular weight is 447 g/mol. The van der Waals surface area contributed by atoms with Gasteiger partial charge in [-0.05, 0) is 58.7 Å². The summed E-state index contributed by atoms with van der Waals surface area (Å²) in [6.45, 7) is 9.35. The molecule has 2 aliphatic heterocycles. The second kappa shape index (κ2) is 8.57. The molecular formula is C21H31ClN8O. The van der Waals surface area contributed by atoms with Crippen molar-refractivity contribution in [3.8, 4) is 0 Å². The minimum atomic E-state index is 0.0277. The number of anilines is 6. The maximum absolute atomic E-state index is 9.84. The number of nitrogen functional groups attached to an aromatic ring is 1. The number of halogens is 1. The van der Waals surface area contributed by atoms with Gasteiger partial charge in [0.25, 0.3) is 0 Å². The molecule has 5 N–H and O–H groups in total. The molecule has 1 aromatic carbocycles. The molecule has 0 amide bonds. The fraction of sp³-hybridized carbons (Fsp3) is 0.524. The first-order chi connectivity index (χ1) is 14.8. The van der Waals surface area contributed by atoms with Crippen molar-refractivity contribution in [3.63, 3.8) is 0 Å². The Kier molecular flexibility index (Phi) is 6.00. The number of nitrogens with zero attached hydrogens (tertiary/aromatic N) is 5. The van der Waals surface area contributed by atoms with Crippen LogP contribution < -0.4 is 31.5 Å². The Morgan fingerprint density at radius 2 is 1.97 bits per heavy atom. The SMILES string of the molecule is CC(C)N1NN(C(C)C)c2c(Nc3ccc(N)c(Cl)c3)nc(N3CCC[C@@H]3CO)nc21. The smallest absolute Gasteiger partial charge is 0.229 e. The topological polar surface area (TPSA) is 106 Å². The van der Waals surface area contributed by atoms with E-state index in [4.69, 9.17) is 27.3 Å². The molecule has 9 nitrogen and oxygen atoms in total. The summed E-state index contributed by atoms with van der Waals surface area (Å²) < 4.78 is 0. The van der Waals surface area contributed by atoms with Crippen molar-refractivity contribution in [1.29, 1.82) is 0 Å². The highest BCUT2D eigenvalue weighted by Crippen LogP contribution is 2.42. The molecule has 0 spiro atoms. The van der Waals surface area contributed by atoms with Crippen LogP contribution in [0, 0.1) is 0 Å². The number of fused-ring (bicyclic) bond motifs is 1. The summed E-state index contributed by atoms with van der Waals surface area (Å²) in [6, 6.07) is 5.82. The number of benzene rings is 1. The van der Waals surface area contributed by atoms with Crippen LogP contribution >= 0.6 is 11.6 Å². The zero-order valence-corrected chi connectivity index (χ0v) is 19.2. The third-order valence-corrected chi connectivity index (χ3v) is 6.01. The summed E-state index contributed by atoms with van der Waals surface area (Å²) in [7, 11) is 0. The zero-order valence-electron chi connectivity index (χ0n) is 18.4. The fourth-order valence-electron chi connectivity index (χ4n) is 4.01. The number of nitrogens with two attached hydrogens (primary N) is 1. The van der Waals surface area contributed by atoms with E-state index in [1.807, 2.05) is 11.1 Å². The molecule has 1 fully saturated rings. The van der Waals surface area contributed by atoms with Gasteiger partial charge >= 0.3 is 0 Å². The van der Waals surface area contributed by atoms with Gasteiger partial charge in [-0.3, -0.25) is 10.0 Å². The first-order valence-electron chi connectivity index (χ1n) is 10.8. The van der Waals surface area contributed by atoms with Gasteiger partial charge in [-0.1, -0.05) is 11.6 Å². The Bertz CT molecular complexity index is 953. The maximum atomic E-state index is 9.84. The highest BCUT2D eigenvalue weighted by Gasteiger charge is 2.36. The quantitative estimate of drug-likeness (QED) is 0.497. The van der Waals surface area contributed by atoms with E-state index in [1.165, 1.54) is 0 Å². The number of aliphatic hydroxyl groups is 1. The molecule has 10 heteroatoms. The molecular weight excluding hydrogens is 416 g/mol. The summed E-state index contributed by atoms with van der Waals surface area (Å²) in [5.41, 5.74) is 11.5. The summed E-state index contributed by atoms with van der Waals surface area (Å²) in [6.07, 6.45) is 1.93. The van der Waals surface area contributed by atoms with E-state index in [-0.39, 0.29) is 24.7 Å². The summed E-state index contributed by atoms with van der Waals surface area (Å²) in [5, 5.41) is 17.9. The fourth-order valence-corrected chi connectivity index (χ4v) is 4.20. The van der Waals surface area contributed by atoms with Crippen molar-refractivity contribution in [2.75, 3.05) is 39.1 Å². The molecule has 0 bridgehead atoms. The van der Waals surface area contributed by atoms with Crippen LogP contribution in [0.1, 0.15) is 40.5 Å². The predicted molar refractivity (Wildman–Crippen MR) is 127 cm³/mol. The van der Waals surface area contributed by atoms with Gasteiger partial charge in [0, 0.05) is 24.3 Å². The van der Waals surface area contributed by atoms with Crippen LogP contribution in [0.4, 0.5) is 34.6 Å². The van der Waals surface area contributed by atoms with E-state index in [0.717, 1.165) is 36.6 Å². The Balaban J connectivity index is 1.84. The predicted octanol–water partition coefficient (Wildman–Crippen LogP) is 3.28. The lowest BCUT2D eigenvalue weighted by atomic mass is 10.2. The average Bonchev–Trinajstić information content (AvgIpc) is 3.35. The number of hydrogen-bond donors (Lipinski definition) is 4. The second-order valence-corrected chi connectivity index (χ2v) is 9.01. The summed E-state index contributed by atoms with van der Waals surface area (Å²) in [4.78, 5) is 11.9. The number of aliphatic hydroxyl groups excluding tert-OH is 1. The lowest BCUT2D eigenvalue weighted by molar-refractivity contribution is 0.265. The third kappa shape index (κ3) is 4.05. The number of hydrazine groups is 2. The highest BCUT2D eigenvalue weighted by molar-refractivity contribution is 6.33. The Morgan fingerprint density at radius 1 is 1.23 bits per heavy atom. The van der Waals surface area contributed by atoms with Crippen molar-refractivity contribution >= 4 is 46.2 Å². The van der Waals surface area contributed by atoms with Crippen LogP contribution in [0.2, 0.25) is 5.02 Å². The Labute approximate surface area is 188 Å². The largest absolute Gasteiger partial charge is 0.398 e. The van der Waals surface area contributed by atoms with E-state index in [1.54, 1.807) is 12.1 Å². The Morgan fingerprint density at radius 3 is 2.61 bits per heavy atom. The van der Waals surface area contributed by atoms with E-state index < -0.39 is 0 Å². The van der Waals surface area contributed by atoms with Crippen LogP contribution in [0.15, 0.2) is 18.2 Å². The van der Waals surface area contributed by atoms with E-state index >= 15 is 0 Å². The molecule has 0 radical (unpaired) electrons. The first-order valence-corrected chi connectivity index (χ1v) is 11.1. The molecule has 168 valence electrons. The molecule has 3 heterocycles. The number of hydrogen-bond acceptors (Lipinski definition) is 9. The van der Waals surface area contributed by atoms with Gasteiger partial charge in [-0.15, -0.1) is 5.53 Å². The van der Waals surface area contributed by atoms with Gasteiger partial charge in [-0.2, -0.15) is 9.97 Å². The van der Waals surface area contributed by atoms with Gasteiger partial charge in [0.1, 0.15) is 5.69 Å². The highest BCUT2D eigenvalue weighted by atomic mass is 35.5. The van der Waals surface area contributed by atoms with Gasteiger partial charge in [0.15, 0.2) is 11.6 Å². The van der Waals surface area contributed by atoms with Crippen molar-refractivity contribution in [3.05, 3.63) is 23.2 Å². The van der Waals surface area contributed by atoms with Gasteiger partial charge in [-0.25, -0.2) is 0 Å². The van der Waals surface area contributed by atoms with Gasteiger partial charge < -0.3 is 21.1 Å². The molecule has 1 saturated heterocycles. The molecule has 0 saturated carbocycles. The minimum Gasteiger partial charge on any atom is -0.398 e. The Hall–Kier alpha value is -2.49. The van der Waals surface area contributed by atoms with Crippen molar-refractivity contribution in [2.45, 2.75) is 58.7 Å². The molecule has 4 rings (SSSR count). The number of aromatic nitrogens is 2. The lowest BCUT2D eigenvalue weighted by Gasteiger charge is -2.27. The van der Waals surface area contributed by atoms with Crippen LogP contribution in [-0.4, -0.2) is 46.4 Å². The molecule has 2 aromatic rings. The monoisotopic (exact) mass is 446 g/mol. The normalized spacial score (nSPS) is 18.5. The van der Waals surface area contributed by atoms with Gasteiger partial charge in [0.2, 0.25) is 5.95 Å². The molecule has 2 aliphatic rings. The molecule has 1 aromatic heterocycles. The van der Waals surface area contributed by atoms with Gasteiger partial charge in [0.05, 0.1) is 23.4 Å². The summed E-state index contributed by atoms with van der Waals surface area (Å²) in [5.74, 6) is 2.09. The maximum Gasteiger partial charge on any atom is 0.229 e. The second-order valence-electron chi connectivity index (χ2n) is 8.61. The van der Waals surface area contributed by atoms with Crippen molar-refractivity contribution in [2.24, 2.45) is 0 Å². The van der Waals surface area contributed by atoms with Crippen LogP contribution in [0.5, 0.6) is 0 Å². The standard InChI is InChI=1S/C21H31ClN8O/c1-12(2)29-18-19(24-14-7-8-17(23)16(22)10-14)25-21(28-9-5-6-15(28)11-31)26-20(18)30(27-29)13(3)4/h7-8,10,12-13,15,27,31H,5-6,9,11,23H2,1-4H3,(H,24,25,26)/t15-/m1/s1. The van der Waals surface area contributed by atoms with Crippen molar-refractivity contribution in [1.82, 2.24) is 15.5 Å². The van der Waals surface area contributed by atoms with E-state index in [2.05, 4.69) is 48.5 Å². The van der Waals surface area contributed by atoms with E-state index in [0.29, 0.717) is 22.5 Å². The van der Waals surface area contributed by atoms with Crippen LogP contribution in [0.25, 0.3) is 0 Å². The summed E-state index contributed by atoms with van der Waals surface area (Å²) >= 11 is 6.25. The molecule has 31 heavy (non-hydrogen) atoms. The molecule has 0 unspecified atom stereocenters.